The molecule has 0 spiro atoms. The van der Waals surface area contributed by atoms with Crippen molar-refractivity contribution < 1.29 is 9.53 Å². The smallest absolute Gasteiger partial charge is 0.272 e. The molecule has 0 fully saturated rings. The number of anilines is 2. The van der Waals surface area contributed by atoms with E-state index in [1.807, 2.05) is 30.3 Å². The van der Waals surface area contributed by atoms with Gasteiger partial charge in [-0.3, -0.25) is 4.79 Å². The third kappa shape index (κ3) is 4.45. The fraction of sp³-hybridized carbons (Fsp3) is 0.333. The normalized spacial score (nSPS) is 10.2. The number of amides is 1. The molecule has 0 atom stereocenters. The lowest BCUT2D eigenvalue weighted by molar-refractivity contribution is 0.0787. The molecule has 2 aromatic rings. The van der Waals surface area contributed by atoms with Crippen molar-refractivity contribution in [1.29, 1.82) is 0 Å². The van der Waals surface area contributed by atoms with Crippen LogP contribution in [0.3, 0.4) is 0 Å². The number of nitrogens with zero attached hydrogens (tertiary/aromatic N) is 2. The third-order valence-electron chi connectivity index (χ3n) is 3.56. The monoisotopic (exact) mass is 313 g/mol. The summed E-state index contributed by atoms with van der Waals surface area (Å²) in [7, 11) is 3.44. The van der Waals surface area contributed by atoms with Crippen LogP contribution in [0.25, 0.3) is 0 Å². The number of aromatic nitrogens is 1. The number of hydrogen-bond donors (Lipinski definition) is 1. The first-order valence-corrected chi connectivity index (χ1v) is 7.77. The van der Waals surface area contributed by atoms with Crippen molar-refractivity contribution in [1.82, 2.24) is 9.88 Å². The maximum absolute atomic E-state index is 12.2. The van der Waals surface area contributed by atoms with Gasteiger partial charge in [-0.05, 0) is 30.7 Å². The van der Waals surface area contributed by atoms with E-state index in [9.17, 15) is 4.79 Å². The van der Waals surface area contributed by atoms with Crippen LogP contribution >= 0.6 is 0 Å². The van der Waals surface area contributed by atoms with Gasteiger partial charge in [0.25, 0.3) is 5.91 Å². The molecule has 1 N–H and O–H groups in total. The van der Waals surface area contributed by atoms with Crippen molar-refractivity contribution in [2.75, 3.05) is 26.0 Å². The van der Waals surface area contributed by atoms with Gasteiger partial charge in [0.05, 0.1) is 24.7 Å². The Bertz CT molecular complexity index is 641. The van der Waals surface area contributed by atoms with Gasteiger partial charge >= 0.3 is 0 Å². The molecule has 5 nitrogen and oxygen atoms in total. The van der Waals surface area contributed by atoms with Crippen molar-refractivity contribution in [3.8, 4) is 5.75 Å². The average Bonchev–Trinajstić information content (AvgIpc) is 2.60. The van der Waals surface area contributed by atoms with E-state index >= 15 is 0 Å². The van der Waals surface area contributed by atoms with Crippen molar-refractivity contribution >= 4 is 17.3 Å². The Balaban J connectivity index is 2.06. The minimum Gasteiger partial charge on any atom is -0.495 e. The molecular weight excluding hydrogens is 290 g/mol. The molecule has 0 bridgehead atoms. The molecule has 0 unspecified atom stereocenters. The van der Waals surface area contributed by atoms with Gasteiger partial charge in [-0.2, -0.15) is 0 Å². The highest BCUT2D eigenvalue weighted by Gasteiger charge is 2.12. The van der Waals surface area contributed by atoms with Gasteiger partial charge in [-0.15, -0.1) is 0 Å². The second kappa shape index (κ2) is 8.17. The van der Waals surface area contributed by atoms with Gasteiger partial charge in [-0.1, -0.05) is 25.5 Å². The topological polar surface area (TPSA) is 54.5 Å². The first kappa shape index (κ1) is 16.8. The van der Waals surface area contributed by atoms with Crippen LogP contribution in [0, 0.1) is 0 Å². The Hall–Kier alpha value is -2.56. The van der Waals surface area contributed by atoms with Gasteiger partial charge < -0.3 is 15.0 Å². The van der Waals surface area contributed by atoms with Gasteiger partial charge in [0.2, 0.25) is 0 Å². The lowest BCUT2D eigenvalue weighted by Crippen LogP contribution is -2.28. The van der Waals surface area contributed by atoms with Crippen LogP contribution in [0.5, 0.6) is 5.75 Å². The highest BCUT2D eigenvalue weighted by Crippen LogP contribution is 2.26. The maximum atomic E-state index is 12.2. The second-order valence-electron chi connectivity index (χ2n) is 5.34. The molecule has 1 aromatic carbocycles. The van der Waals surface area contributed by atoms with Gasteiger partial charge in [0.15, 0.2) is 0 Å². The van der Waals surface area contributed by atoms with Gasteiger partial charge in [0.1, 0.15) is 11.4 Å². The summed E-state index contributed by atoms with van der Waals surface area (Å²) in [6.45, 7) is 2.85. The van der Waals surface area contributed by atoms with Crippen molar-refractivity contribution in [2.45, 2.75) is 19.8 Å². The zero-order chi connectivity index (χ0) is 16.7. The summed E-state index contributed by atoms with van der Waals surface area (Å²) in [5.74, 6) is 0.703. The van der Waals surface area contributed by atoms with E-state index in [1.165, 1.54) is 0 Å². The highest BCUT2D eigenvalue weighted by molar-refractivity contribution is 5.92. The van der Waals surface area contributed by atoms with Crippen molar-refractivity contribution in [3.63, 3.8) is 0 Å². The summed E-state index contributed by atoms with van der Waals surface area (Å²) < 4.78 is 5.30. The number of rotatable bonds is 7. The van der Waals surface area contributed by atoms with E-state index in [0.717, 1.165) is 36.5 Å². The number of para-hydroxylation sites is 2. The van der Waals surface area contributed by atoms with E-state index in [4.69, 9.17) is 4.74 Å². The molecule has 0 saturated carbocycles. The fourth-order valence-corrected chi connectivity index (χ4v) is 2.19. The zero-order valence-electron chi connectivity index (χ0n) is 13.9. The standard InChI is InChI=1S/C18H23N3O2/c1-4-5-12-21(2)18(22)16-11-10-14(13-19-16)20-15-8-6-7-9-17(15)23-3/h6-11,13,20H,4-5,12H2,1-3H3. The van der Waals surface area contributed by atoms with Gasteiger partial charge in [0, 0.05) is 13.6 Å². The van der Waals surface area contributed by atoms with Crippen LogP contribution < -0.4 is 10.1 Å². The number of pyridine rings is 1. The van der Waals surface area contributed by atoms with E-state index < -0.39 is 0 Å². The number of carbonyl (C=O) groups is 1. The molecule has 2 rings (SSSR count). The number of unbranched alkanes of at least 4 members (excludes halogenated alkanes) is 1. The van der Waals surface area contributed by atoms with Crippen LogP contribution in [-0.2, 0) is 0 Å². The molecule has 5 heteroatoms. The predicted octanol–water partition coefficient (Wildman–Crippen LogP) is 3.71. The first-order chi connectivity index (χ1) is 11.2. The minimum absolute atomic E-state index is 0.0534. The van der Waals surface area contributed by atoms with Crippen LogP contribution in [0.4, 0.5) is 11.4 Å². The van der Waals surface area contributed by atoms with Crippen molar-refractivity contribution in [2.24, 2.45) is 0 Å². The second-order valence-corrected chi connectivity index (χ2v) is 5.34. The van der Waals surface area contributed by atoms with E-state index in [-0.39, 0.29) is 5.91 Å². The lowest BCUT2D eigenvalue weighted by atomic mass is 10.2. The quantitative estimate of drug-likeness (QED) is 0.846. The number of hydrogen-bond acceptors (Lipinski definition) is 4. The number of nitrogens with one attached hydrogen (secondary N) is 1. The number of methoxy groups -OCH3 is 1. The lowest BCUT2D eigenvalue weighted by Gasteiger charge is -2.16. The third-order valence-corrected chi connectivity index (χ3v) is 3.56. The Morgan fingerprint density at radius 1 is 1.26 bits per heavy atom. The summed E-state index contributed by atoms with van der Waals surface area (Å²) in [5, 5.41) is 3.24. The molecule has 122 valence electrons. The van der Waals surface area contributed by atoms with Crippen LogP contribution in [0.2, 0.25) is 0 Å². The summed E-state index contributed by atoms with van der Waals surface area (Å²) in [5.41, 5.74) is 2.12. The Morgan fingerprint density at radius 3 is 2.70 bits per heavy atom. The van der Waals surface area contributed by atoms with Crippen LogP contribution in [0.15, 0.2) is 42.6 Å². The number of ether oxygens (including phenoxy) is 1. The van der Waals surface area contributed by atoms with Gasteiger partial charge in [-0.25, -0.2) is 4.98 Å². The molecule has 1 aromatic heterocycles. The molecule has 1 heterocycles. The highest BCUT2D eigenvalue weighted by atomic mass is 16.5. The predicted molar refractivity (Wildman–Crippen MR) is 92.4 cm³/mol. The molecular formula is C18H23N3O2. The molecule has 1 amide bonds. The van der Waals surface area contributed by atoms with Crippen LogP contribution in [0.1, 0.15) is 30.3 Å². The largest absolute Gasteiger partial charge is 0.495 e. The average molecular weight is 313 g/mol. The zero-order valence-corrected chi connectivity index (χ0v) is 13.9. The molecule has 23 heavy (non-hydrogen) atoms. The summed E-state index contributed by atoms with van der Waals surface area (Å²) >= 11 is 0. The maximum Gasteiger partial charge on any atom is 0.272 e. The Morgan fingerprint density at radius 2 is 2.04 bits per heavy atom. The first-order valence-electron chi connectivity index (χ1n) is 7.77. The molecule has 0 aliphatic carbocycles. The Kier molecular flexibility index (Phi) is 5.97. The molecule has 0 aliphatic heterocycles. The summed E-state index contributed by atoms with van der Waals surface area (Å²) in [6.07, 6.45) is 3.72. The van der Waals surface area contributed by atoms with E-state index in [1.54, 1.807) is 31.3 Å². The molecule has 0 aliphatic rings. The number of carbonyl (C=O) groups excluding carboxylic acids is 1. The number of benzene rings is 1. The Labute approximate surface area is 137 Å². The summed E-state index contributed by atoms with van der Waals surface area (Å²) in [4.78, 5) is 18.2. The molecule has 0 radical (unpaired) electrons. The van der Waals surface area contributed by atoms with Crippen LogP contribution in [-0.4, -0.2) is 36.5 Å². The van der Waals surface area contributed by atoms with E-state index in [0.29, 0.717) is 5.69 Å². The van der Waals surface area contributed by atoms with E-state index in [2.05, 4.69) is 17.2 Å². The van der Waals surface area contributed by atoms with Crippen molar-refractivity contribution in [3.05, 3.63) is 48.3 Å². The minimum atomic E-state index is -0.0534. The SMILES string of the molecule is CCCCN(C)C(=O)c1ccc(Nc2ccccc2OC)cn1. The fourth-order valence-electron chi connectivity index (χ4n) is 2.19. The summed E-state index contributed by atoms with van der Waals surface area (Å²) in [6, 6.07) is 11.2. The molecule has 0 saturated heterocycles.